The molecule has 0 atom stereocenters. The van der Waals surface area contributed by atoms with E-state index in [4.69, 9.17) is 5.84 Å². The predicted octanol–water partition coefficient (Wildman–Crippen LogP) is 3.17. The molecular weight excluding hydrogens is 342 g/mol. The molecule has 5 N–H and O–H groups in total. The number of hydrogen-bond donors (Lipinski definition) is 4. The van der Waals surface area contributed by atoms with E-state index in [1.165, 1.54) is 0 Å². The number of hydrogen-bond acceptors (Lipinski definition) is 5. The van der Waals surface area contributed by atoms with Crippen LogP contribution < -0.4 is 16.6 Å². The number of amides is 2. The zero-order chi connectivity index (χ0) is 19.9. The van der Waals surface area contributed by atoms with Crippen LogP contribution in [-0.4, -0.2) is 39.4 Å². The second-order valence-corrected chi connectivity index (χ2v) is 6.65. The number of H-pyrrole nitrogens is 1. The van der Waals surface area contributed by atoms with Gasteiger partial charge in [-0.3, -0.25) is 15.9 Å². The standard InChI is InChI=1S/C19H29N7O/c1-5-7-8-11-21-15(12-14(3)24-20)17-16(13-22-25-17)23-18(27)26(6-2)19(4)9-10-19/h5,7,11-13,24H,3,6,8-10,20H2,1-2,4H3,(H,22,25)(H,23,27)/b7-5-,15-12-,21-11?. The van der Waals surface area contributed by atoms with E-state index in [9.17, 15) is 4.79 Å². The number of carbonyl (C=O) groups excluding carboxylic acids is 1. The SMILES string of the molecule is C=C(/C=C(\N=CC/C=C\C)c1[nH]ncc1NC(=O)N(CC)C1(C)CC1)NN. The summed E-state index contributed by atoms with van der Waals surface area (Å²) in [6.45, 7) is 10.5. The molecule has 0 aliphatic heterocycles. The lowest BCUT2D eigenvalue weighted by Crippen LogP contribution is -2.42. The van der Waals surface area contributed by atoms with E-state index in [-0.39, 0.29) is 11.6 Å². The number of aromatic nitrogens is 2. The largest absolute Gasteiger partial charge is 0.325 e. The van der Waals surface area contributed by atoms with Crippen LogP contribution in [0.1, 0.15) is 45.7 Å². The van der Waals surface area contributed by atoms with Gasteiger partial charge in [0.1, 0.15) is 5.69 Å². The highest BCUT2D eigenvalue weighted by atomic mass is 16.2. The molecule has 146 valence electrons. The third-order valence-corrected chi connectivity index (χ3v) is 4.53. The predicted molar refractivity (Wildman–Crippen MR) is 110 cm³/mol. The molecule has 8 nitrogen and oxygen atoms in total. The van der Waals surface area contributed by atoms with Gasteiger partial charge in [0.15, 0.2) is 0 Å². The average Bonchev–Trinajstić information content (AvgIpc) is 3.21. The van der Waals surface area contributed by atoms with E-state index in [0.29, 0.717) is 35.7 Å². The van der Waals surface area contributed by atoms with Crippen molar-refractivity contribution >= 4 is 23.6 Å². The molecule has 8 heteroatoms. The van der Waals surface area contributed by atoms with E-state index in [0.717, 1.165) is 12.8 Å². The number of anilines is 1. The number of hydrazine groups is 1. The normalized spacial score (nSPS) is 15.9. The molecule has 0 aromatic carbocycles. The van der Waals surface area contributed by atoms with Crippen molar-refractivity contribution in [3.63, 3.8) is 0 Å². The Labute approximate surface area is 160 Å². The van der Waals surface area contributed by atoms with Crippen molar-refractivity contribution in [3.8, 4) is 0 Å². The summed E-state index contributed by atoms with van der Waals surface area (Å²) in [6, 6.07) is -0.145. The van der Waals surface area contributed by atoms with Crippen LogP contribution in [0.25, 0.3) is 5.70 Å². The van der Waals surface area contributed by atoms with Crippen molar-refractivity contribution in [2.45, 2.75) is 45.6 Å². The highest BCUT2D eigenvalue weighted by Crippen LogP contribution is 2.41. The van der Waals surface area contributed by atoms with Gasteiger partial charge in [0.2, 0.25) is 0 Å². The van der Waals surface area contributed by atoms with Gasteiger partial charge in [-0.25, -0.2) is 4.79 Å². The summed E-state index contributed by atoms with van der Waals surface area (Å²) >= 11 is 0. The van der Waals surface area contributed by atoms with E-state index >= 15 is 0 Å². The summed E-state index contributed by atoms with van der Waals surface area (Å²) in [4.78, 5) is 19.1. The van der Waals surface area contributed by atoms with Crippen molar-refractivity contribution in [2.24, 2.45) is 10.8 Å². The maximum Gasteiger partial charge on any atom is 0.322 e. The van der Waals surface area contributed by atoms with Gasteiger partial charge in [-0.05, 0) is 39.7 Å². The Hall–Kier alpha value is -2.87. The first-order valence-corrected chi connectivity index (χ1v) is 9.08. The van der Waals surface area contributed by atoms with Gasteiger partial charge in [-0.15, -0.1) is 0 Å². The molecule has 2 amide bonds. The van der Waals surface area contributed by atoms with E-state index in [2.05, 4.69) is 39.4 Å². The number of urea groups is 1. The number of aromatic amines is 1. The molecular formula is C19H29N7O. The van der Waals surface area contributed by atoms with Gasteiger partial charge in [0.05, 0.1) is 17.6 Å². The van der Waals surface area contributed by atoms with Crippen LogP contribution in [0.5, 0.6) is 0 Å². The lowest BCUT2D eigenvalue weighted by Gasteiger charge is -2.28. The minimum absolute atomic E-state index is 0.0518. The van der Waals surface area contributed by atoms with Crippen LogP contribution in [0.15, 0.2) is 41.7 Å². The molecule has 0 spiro atoms. The monoisotopic (exact) mass is 371 g/mol. The molecule has 1 aliphatic rings. The molecule has 27 heavy (non-hydrogen) atoms. The third kappa shape index (κ3) is 5.30. The molecule has 1 heterocycles. The van der Waals surface area contributed by atoms with Gasteiger partial charge >= 0.3 is 6.03 Å². The molecule has 1 fully saturated rings. The Morgan fingerprint density at radius 1 is 1.56 bits per heavy atom. The smallest absolute Gasteiger partial charge is 0.322 e. The number of carbonyl (C=O) groups is 1. The van der Waals surface area contributed by atoms with Crippen molar-refractivity contribution in [1.82, 2.24) is 20.5 Å². The van der Waals surface area contributed by atoms with E-state index in [1.54, 1.807) is 18.5 Å². The molecule has 0 unspecified atom stereocenters. The van der Waals surface area contributed by atoms with Gasteiger partial charge in [0.25, 0.3) is 0 Å². The third-order valence-electron chi connectivity index (χ3n) is 4.53. The molecule has 0 radical (unpaired) electrons. The zero-order valence-electron chi connectivity index (χ0n) is 16.2. The zero-order valence-corrected chi connectivity index (χ0v) is 16.2. The van der Waals surface area contributed by atoms with Crippen LogP contribution >= 0.6 is 0 Å². The fourth-order valence-electron chi connectivity index (χ4n) is 2.71. The first-order chi connectivity index (χ1) is 12.9. The number of rotatable bonds is 9. The van der Waals surface area contributed by atoms with Crippen molar-refractivity contribution in [3.05, 3.63) is 42.4 Å². The van der Waals surface area contributed by atoms with Crippen molar-refractivity contribution < 1.29 is 4.79 Å². The summed E-state index contributed by atoms with van der Waals surface area (Å²) in [5.74, 6) is 5.42. The van der Waals surface area contributed by atoms with Crippen LogP contribution in [0.4, 0.5) is 10.5 Å². The minimum atomic E-state index is -0.145. The topological polar surface area (TPSA) is 111 Å². The lowest BCUT2D eigenvalue weighted by atomic mass is 10.2. The number of allylic oxidation sites excluding steroid dienone is 3. The number of aliphatic imine (C=N–C) groups is 1. The van der Waals surface area contributed by atoms with E-state index in [1.807, 2.05) is 30.9 Å². The van der Waals surface area contributed by atoms with Crippen LogP contribution in [0, 0.1) is 0 Å². The fourth-order valence-corrected chi connectivity index (χ4v) is 2.71. The number of nitrogens with one attached hydrogen (secondary N) is 3. The second kappa shape index (κ2) is 9.18. The first kappa shape index (κ1) is 20.4. The molecule has 0 bridgehead atoms. The van der Waals surface area contributed by atoms with E-state index < -0.39 is 0 Å². The Morgan fingerprint density at radius 2 is 2.30 bits per heavy atom. The van der Waals surface area contributed by atoms with Crippen LogP contribution in [0.2, 0.25) is 0 Å². The number of nitrogens with two attached hydrogens (primary N) is 1. The van der Waals surface area contributed by atoms with Crippen molar-refractivity contribution in [2.75, 3.05) is 11.9 Å². The quantitative estimate of drug-likeness (QED) is 0.176. The number of nitrogens with zero attached hydrogens (tertiary/aromatic N) is 3. The summed E-state index contributed by atoms with van der Waals surface area (Å²) < 4.78 is 0. The van der Waals surface area contributed by atoms with Crippen molar-refractivity contribution in [1.29, 1.82) is 0 Å². The second-order valence-electron chi connectivity index (χ2n) is 6.65. The average molecular weight is 371 g/mol. The minimum Gasteiger partial charge on any atom is -0.325 e. The van der Waals surface area contributed by atoms with Crippen LogP contribution in [-0.2, 0) is 0 Å². The summed E-state index contributed by atoms with van der Waals surface area (Å²) in [5, 5.41) is 9.91. The van der Waals surface area contributed by atoms with Gasteiger partial charge in [-0.2, -0.15) is 5.10 Å². The van der Waals surface area contributed by atoms with Crippen LogP contribution in [0.3, 0.4) is 0 Å². The summed E-state index contributed by atoms with van der Waals surface area (Å²) in [6.07, 6.45) is 11.7. The maximum absolute atomic E-state index is 12.7. The fraction of sp³-hybridized carbons (Fsp3) is 0.421. The molecule has 0 saturated heterocycles. The Balaban J connectivity index is 2.24. The molecule has 1 aromatic rings. The summed E-state index contributed by atoms with van der Waals surface area (Å²) in [5.41, 5.74) is 4.64. The van der Waals surface area contributed by atoms with Gasteiger partial charge in [0, 0.05) is 30.4 Å². The highest BCUT2D eigenvalue weighted by Gasteiger charge is 2.45. The Bertz CT molecular complexity index is 756. The lowest BCUT2D eigenvalue weighted by molar-refractivity contribution is 0.189. The summed E-state index contributed by atoms with van der Waals surface area (Å²) in [7, 11) is 0. The Morgan fingerprint density at radius 3 is 2.89 bits per heavy atom. The molecule has 1 aliphatic carbocycles. The molecule has 1 aromatic heterocycles. The van der Waals surface area contributed by atoms with Gasteiger partial charge < -0.3 is 15.6 Å². The first-order valence-electron chi connectivity index (χ1n) is 9.08. The Kier molecular flexibility index (Phi) is 6.95. The maximum atomic E-state index is 12.7. The molecule has 1 saturated carbocycles. The highest BCUT2D eigenvalue weighted by molar-refractivity contribution is 5.93. The van der Waals surface area contributed by atoms with Gasteiger partial charge in [-0.1, -0.05) is 18.7 Å². The molecule has 2 rings (SSSR count).